The number of aryl methyl sites for hydroxylation is 1. The molecular weight excluding hydrogens is 392 g/mol. The van der Waals surface area contributed by atoms with Crippen LogP contribution in [0.3, 0.4) is 0 Å². The fourth-order valence-corrected chi connectivity index (χ4v) is 5.56. The summed E-state index contributed by atoms with van der Waals surface area (Å²) in [6, 6.07) is 10.5. The maximum Gasteiger partial charge on any atom is 0.242 e. The van der Waals surface area contributed by atoms with E-state index in [9.17, 15) is 9.59 Å². The molecule has 0 radical (unpaired) electrons. The monoisotopic (exact) mass is 424 g/mol. The van der Waals surface area contributed by atoms with Crippen LogP contribution in [0.15, 0.2) is 35.7 Å². The average Bonchev–Trinajstić information content (AvgIpc) is 3.14. The third kappa shape index (κ3) is 4.18. The van der Waals surface area contributed by atoms with Gasteiger partial charge in [-0.15, -0.1) is 11.3 Å². The fourth-order valence-electron chi connectivity index (χ4n) is 4.65. The average molecular weight is 425 g/mol. The number of nitrogens with zero attached hydrogens (tertiary/aromatic N) is 2. The van der Waals surface area contributed by atoms with Crippen molar-refractivity contribution in [3.8, 4) is 0 Å². The van der Waals surface area contributed by atoms with E-state index in [0.717, 1.165) is 25.7 Å². The molecule has 0 spiro atoms. The van der Waals surface area contributed by atoms with Crippen LogP contribution in [0, 0.1) is 18.8 Å². The van der Waals surface area contributed by atoms with E-state index in [4.69, 9.17) is 0 Å². The molecule has 1 fully saturated rings. The molecule has 1 aliphatic heterocycles. The number of hydrogen-bond donors (Lipinski definition) is 0. The van der Waals surface area contributed by atoms with Crippen LogP contribution in [-0.4, -0.2) is 41.2 Å². The lowest BCUT2D eigenvalue weighted by Gasteiger charge is -2.39. The molecule has 0 unspecified atom stereocenters. The zero-order valence-electron chi connectivity index (χ0n) is 18.3. The Hall–Kier alpha value is -2.14. The molecule has 4 rings (SSSR count). The van der Waals surface area contributed by atoms with Crippen molar-refractivity contribution >= 4 is 23.2 Å². The Kier molecular flexibility index (Phi) is 6.28. The molecule has 160 valence electrons. The van der Waals surface area contributed by atoms with Gasteiger partial charge in [-0.05, 0) is 60.2 Å². The van der Waals surface area contributed by atoms with Crippen molar-refractivity contribution in [1.82, 2.24) is 9.80 Å². The van der Waals surface area contributed by atoms with E-state index in [2.05, 4.69) is 50.4 Å². The maximum absolute atomic E-state index is 13.6. The van der Waals surface area contributed by atoms with Crippen molar-refractivity contribution in [2.75, 3.05) is 19.6 Å². The molecule has 0 bridgehead atoms. The first-order chi connectivity index (χ1) is 14.5. The van der Waals surface area contributed by atoms with Crippen LogP contribution in [0.25, 0.3) is 0 Å². The minimum Gasteiger partial charge on any atom is -0.333 e. The van der Waals surface area contributed by atoms with Crippen LogP contribution in [0.4, 0.5) is 0 Å². The molecule has 2 heterocycles. The van der Waals surface area contributed by atoms with Gasteiger partial charge in [0, 0.05) is 23.9 Å². The number of carbonyl (C=O) groups excluding carboxylic acids is 2. The Morgan fingerprint density at radius 3 is 2.60 bits per heavy atom. The van der Waals surface area contributed by atoms with Gasteiger partial charge in [0.2, 0.25) is 11.8 Å². The van der Waals surface area contributed by atoms with Gasteiger partial charge in [0.1, 0.15) is 0 Å². The SMILES string of the molecule is Cc1ccccc1[C@@H]1c2ccsc2CCN1C(=O)CN(CC(C)C)C(=O)C1CCC1. The van der Waals surface area contributed by atoms with Crippen molar-refractivity contribution in [2.24, 2.45) is 11.8 Å². The Morgan fingerprint density at radius 1 is 1.17 bits per heavy atom. The largest absolute Gasteiger partial charge is 0.333 e. The molecule has 4 nitrogen and oxygen atoms in total. The minimum absolute atomic E-state index is 0.0617. The van der Waals surface area contributed by atoms with Crippen molar-refractivity contribution in [3.63, 3.8) is 0 Å². The molecule has 5 heteroatoms. The zero-order valence-corrected chi connectivity index (χ0v) is 19.1. The topological polar surface area (TPSA) is 40.6 Å². The van der Waals surface area contributed by atoms with Crippen LogP contribution < -0.4 is 0 Å². The van der Waals surface area contributed by atoms with Gasteiger partial charge in [0.15, 0.2) is 0 Å². The molecule has 1 aromatic carbocycles. The third-order valence-electron chi connectivity index (χ3n) is 6.45. The Labute approximate surface area is 183 Å². The predicted octanol–water partition coefficient (Wildman–Crippen LogP) is 4.82. The summed E-state index contributed by atoms with van der Waals surface area (Å²) in [4.78, 5) is 31.8. The number of amides is 2. The normalized spacial score (nSPS) is 18.8. The lowest BCUT2D eigenvalue weighted by Crippen LogP contribution is -2.49. The first kappa shape index (κ1) is 21.1. The molecule has 1 aromatic heterocycles. The van der Waals surface area contributed by atoms with Crippen molar-refractivity contribution in [1.29, 1.82) is 0 Å². The van der Waals surface area contributed by atoms with Gasteiger partial charge >= 0.3 is 0 Å². The molecule has 30 heavy (non-hydrogen) atoms. The molecule has 2 aromatic rings. The molecule has 2 amide bonds. The van der Waals surface area contributed by atoms with E-state index < -0.39 is 0 Å². The molecular formula is C25H32N2O2S. The van der Waals surface area contributed by atoms with Crippen molar-refractivity contribution in [2.45, 2.75) is 52.5 Å². The van der Waals surface area contributed by atoms with E-state index in [1.807, 2.05) is 15.9 Å². The fraction of sp³-hybridized carbons (Fsp3) is 0.520. The van der Waals surface area contributed by atoms with Gasteiger partial charge in [0.05, 0.1) is 12.6 Å². The molecule has 2 aliphatic rings. The first-order valence-corrected chi connectivity index (χ1v) is 12.0. The smallest absolute Gasteiger partial charge is 0.242 e. The second-order valence-corrected chi connectivity index (χ2v) is 10.1. The third-order valence-corrected chi connectivity index (χ3v) is 7.44. The number of thiophene rings is 1. The Balaban J connectivity index is 1.61. The lowest BCUT2D eigenvalue weighted by molar-refractivity contribution is -0.146. The van der Waals surface area contributed by atoms with Gasteiger partial charge in [-0.25, -0.2) is 0 Å². The summed E-state index contributed by atoms with van der Waals surface area (Å²) in [6.45, 7) is 7.88. The van der Waals surface area contributed by atoms with Crippen LogP contribution >= 0.6 is 11.3 Å². The Bertz CT molecular complexity index is 915. The van der Waals surface area contributed by atoms with E-state index in [-0.39, 0.29) is 30.3 Å². The summed E-state index contributed by atoms with van der Waals surface area (Å²) < 4.78 is 0. The number of carbonyl (C=O) groups is 2. The van der Waals surface area contributed by atoms with Crippen molar-refractivity contribution in [3.05, 3.63) is 57.3 Å². The highest BCUT2D eigenvalue weighted by atomic mass is 32.1. The standard InChI is InChI=1S/C25H32N2O2S/c1-17(2)15-26(25(29)19-8-6-9-19)16-23(28)27-13-11-22-21(12-14-30-22)24(27)20-10-5-4-7-18(20)3/h4-5,7,10,12,14,17,19,24H,6,8-9,11,13,15-16H2,1-3H3/t24-/m1/s1. The molecule has 0 saturated heterocycles. The highest BCUT2D eigenvalue weighted by Gasteiger charge is 2.36. The highest BCUT2D eigenvalue weighted by molar-refractivity contribution is 7.10. The summed E-state index contributed by atoms with van der Waals surface area (Å²) in [5.74, 6) is 0.699. The quantitative estimate of drug-likeness (QED) is 0.667. The van der Waals surface area contributed by atoms with Gasteiger partial charge in [-0.1, -0.05) is 44.5 Å². The number of fused-ring (bicyclic) bond motifs is 1. The number of rotatable bonds is 6. The van der Waals surface area contributed by atoms with Crippen molar-refractivity contribution < 1.29 is 9.59 Å². The second kappa shape index (κ2) is 8.93. The van der Waals surface area contributed by atoms with E-state index in [0.29, 0.717) is 19.0 Å². The van der Waals surface area contributed by atoms with Crippen LogP contribution in [0.1, 0.15) is 60.7 Å². The van der Waals surface area contributed by atoms with Gasteiger partial charge < -0.3 is 9.80 Å². The van der Waals surface area contributed by atoms with Crippen LogP contribution in [-0.2, 0) is 16.0 Å². The molecule has 1 saturated carbocycles. The predicted molar refractivity (Wildman–Crippen MR) is 122 cm³/mol. The molecule has 1 atom stereocenters. The number of benzene rings is 1. The summed E-state index contributed by atoms with van der Waals surface area (Å²) in [5, 5.41) is 2.13. The lowest BCUT2D eigenvalue weighted by atomic mass is 9.84. The summed E-state index contributed by atoms with van der Waals surface area (Å²) in [6.07, 6.45) is 3.95. The van der Waals surface area contributed by atoms with E-state index in [1.54, 1.807) is 11.3 Å². The second-order valence-electron chi connectivity index (χ2n) is 9.14. The van der Waals surface area contributed by atoms with Crippen LogP contribution in [0.5, 0.6) is 0 Å². The zero-order chi connectivity index (χ0) is 21.3. The summed E-state index contributed by atoms with van der Waals surface area (Å²) >= 11 is 1.78. The van der Waals surface area contributed by atoms with E-state index >= 15 is 0 Å². The first-order valence-electron chi connectivity index (χ1n) is 11.2. The van der Waals surface area contributed by atoms with Gasteiger partial charge in [-0.3, -0.25) is 9.59 Å². The van der Waals surface area contributed by atoms with Gasteiger partial charge in [-0.2, -0.15) is 0 Å². The number of hydrogen-bond acceptors (Lipinski definition) is 3. The molecule has 0 N–H and O–H groups in total. The molecule has 1 aliphatic carbocycles. The summed E-state index contributed by atoms with van der Waals surface area (Å²) in [5.41, 5.74) is 3.63. The van der Waals surface area contributed by atoms with E-state index in [1.165, 1.54) is 21.6 Å². The highest BCUT2D eigenvalue weighted by Crippen LogP contribution is 2.39. The minimum atomic E-state index is -0.0617. The van der Waals surface area contributed by atoms with Gasteiger partial charge in [0.25, 0.3) is 0 Å². The Morgan fingerprint density at radius 2 is 1.93 bits per heavy atom. The maximum atomic E-state index is 13.6. The summed E-state index contributed by atoms with van der Waals surface area (Å²) in [7, 11) is 0. The van der Waals surface area contributed by atoms with Crippen LogP contribution in [0.2, 0.25) is 0 Å².